The number of ether oxygens (including phenoxy) is 2. The number of hydrogen-bond acceptors (Lipinski definition) is 5. The quantitative estimate of drug-likeness (QED) is 0.755. The van der Waals surface area contributed by atoms with Gasteiger partial charge in [0.25, 0.3) is 5.91 Å². The Morgan fingerprint density at radius 2 is 2.00 bits per heavy atom. The number of hydrogen-bond donors (Lipinski definition) is 0. The van der Waals surface area contributed by atoms with Gasteiger partial charge in [-0.3, -0.25) is 4.79 Å². The summed E-state index contributed by atoms with van der Waals surface area (Å²) in [6.45, 7) is 1.12. The molecule has 1 aromatic carbocycles. The average molecular weight is 413 g/mol. The monoisotopic (exact) mass is 411 g/mol. The predicted molar refractivity (Wildman–Crippen MR) is 92.3 cm³/mol. The van der Waals surface area contributed by atoms with Crippen molar-refractivity contribution in [2.75, 3.05) is 19.7 Å². The van der Waals surface area contributed by atoms with E-state index in [1.54, 1.807) is 41.6 Å². The topological polar surface area (TPSA) is 64.5 Å². The van der Waals surface area contributed by atoms with Crippen molar-refractivity contribution in [3.63, 3.8) is 0 Å². The van der Waals surface area contributed by atoms with Gasteiger partial charge in [0.1, 0.15) is 11.9 Å². The second-order valence-corrected chi connectivity index (χ2v) is 6.65. The normalized spacial score (nSPS) is 16.9. The first-order valence-corrected chi connectivity index (χ1v) is 8.57. The molecule has 1 fully saturated rings. The molecule has 0 radical (unpaired) electrons. The largest absolute Gasteiger partial charge is 0.484 e. The van der Waals surface area contributed by atoms with Crippen LogP contribution in [-0.2, 0) is 4.79 Å². The van der Waals surface area contributed by atoms with Crippen molar-refractivity contribution in [3.8, 4) is 11.8 Å². The van der Waals surface area contributed by atoms with Crippen LogP contribution in [0.2, 0.25) is 5.02 Å². The van der Waals surface area contributed by atoms with Gasteiger partial charge in [0.2, 0.25) is 0 Å². The van der Waals surface area contributed by atoms with Gasteiger partial charge in [-0.05, 0) is 40.2 Å². The van der Waals surface area contributed by atoms with Crippen LogP contribution in [0, 0.1) is 0 Å². The summed E-state index contributed by atoms with van der Waals surface area (Å²) in [6, 6.07) is 7.22. The molecule has 1 aromatic heterocycles. The van der Waals surface area contributed by atoms with Gasteiger partial charge in [0.15, 0.2) is 6.61 Å². The number of halogens is 2. The summed E-state index contributed by atoms with van der Waals surface area (Å²) >= 11 is 9.08. The van der Waals surface area contributed by atoms with Crippen molar-refractivity contribution >= 4 is 33.4 Å². The number of rotatable bonds is 5. The number of likely N-dealkylation sites (tertiary alicyclic amines) is 1. The third kappa shape index (κ3) is 4.58. The zero-order valence-corrected chi connectivity index (χ0v) is 15.0. The Labute approximate surface area is 152 Å². The van der Waals surface area contributed by atoms with Crippen LogP contribution < -0.4 is 9.47 Å². The fourth-order valence-corrected chi connectivity index (χ4v) is 2.66. The third-order valence-corrected chi connectivity index (χ3v) is 4.20. The highest BCUT2D eigenvalue weighted by Gasteiger charge is 2.28. The average Bonchev–Trinajstić information content (AvgIpc) is 3.05. The molecule has 1 amide bonds. The Morgan fingerprint density at radius 1 is 1.29 bits per heavy atom. The Morgan fingerprint density at radius 3 is 2.71 bits per heavy atom. The lowest BCUT2D eigenvalue weighted by atomic mass is 10.3. The summed E-state index contributed by atoms with van der Waals surface area (Å²) in [7, 11) is 0. The minimum absolute atomic E-state index is 0.0108. The standard InChI is InChI=1S/C16H15BrClN3O3/c17-11-7-19-16(20-8-11)24-14-5-6-21(9-14)15(22)10-23-13-3-1-12(18)2-4-13/h1-4,7-8,14H,5-6,9-10H2. The maximum atomic E-state index is 12.2. The van der Waals surface area contributed by atoms with E-state index >= 15 is 0 Å². The van der Waals surface area contributed by atoms with Gasteiger partial charge in [-0.15, -0.1) is 0 Å². The molecule has 126 valence electrons. The summed E-state index contributed by atoms with van der Waals surface area (Å²) in [5.41, 5.74) is 0. The smallest absolute Gasteiger partial charge is 0.316 e. The molecule has 0 spiro atoms. The molecule has 0 N–H and O–H groups in total. The molecule has 1 atom stereocenters. The first-order valence-electron chi connectivity index (χ1n) is 7.40. The third-order valence-electron chi connectivity index (χ3n) is 3.54. The molecule has 2 heterocycles. The molecular weight excluding hydrogens is 398 g/mol. The number of carbonyl (C=O) groups is 1. The molecule has 24 heavy (non-hydrogen) atoms. The second kappa shape index (κ2) is 7.81. The Bertz CT molecular complexity index is 697. The van der Waals surface area contributed by atoms with Crippen LogP contribution in [-0.4, -0.2) is 46.6 Å². The first-order chi connectivity index (χ1) is 11.6. The van der Waals surface area contributed by atoms with Crippen molar-refractivity contribution in [1.82, 2.24) is 14.9 Å². The molecule has 0 bridgehead atoms. The molecule has 0 aliphatic carbocycles. The van der Waals surface area contributed by atoms with Crippen LogP contribution in [0.5, 0.6) is 11.8 Å². The van der Waals surface area contributed by atoms with Gasteiger partial charge in [-0.1, -0.05) is 11.6 Å². The van der Waals surface area contributed by atoms with E-state index in [1.807, 2.05) is 0 Å². The van der Waals surface area contributed by atoms with Crippen LogP contribution in [0.25, 0.3) is 0 Å². The fraction of sp³-hybridized carbons (Fsp3) is 0.312. The molecule has 1 saturated heterocycles. The van der Waals surface area contributed by atoms with Crippen LogP contribution >= 0.6 is 27.5 Å². The van der Waals surface area contributed by atoms with E-state index in [0.29, 0.717) is 29.9 Å². The van der Waals surface area contributed by atoms with E-state index in [0.717, 1.165) is 10.9 Å². The predicted octanol–water partition coefficient (Wildman–Crippen LogP) is 2.95. The highest BCUT2D eigenvalue weighted by Crippen LogP contribution is 2.18. The Kier molecular flexibility index (Phi) is 5.52. The number of aromatic nitrogens is 2. The minimum Gasteiger partial charge on any atom is -0.484 e. The van der Waals surface area contributed by atoms with Gasteiger partial charge in [0, 0.05) is 30.4 Å². The lowest BCUT2D eigenvalue weighted by Gasteiger charge is -2.17. The minimum atomic E-state index is -0.106. The Hall–Kier alpha value is -1.86. The van der Waals surface area contributed by atoms with E-state index in [1.165, 1.54) is 0 Å². The number of benzene rings is 1. The molecule has 1 aliphatic rings. The van der Waals surface area contributed by atoms with Crippen molar-refractivity contribution in [2.24, 2.45) is 0 Å². The van der Waals surface area contributed by atoms with Crippen LogP contribution in [0.3, 0.4) is 0 Å². The van der Waals surface area contributed by atoms with Gasteiger partial charge in [0.05, 0.1) is 11.0 Å². The van der Waals surface area contributed by atoms with Gasteiger partial charge in [-0.25, -0.2) is 9.97 Å². The van der Waals surface area contributed by atoms with Crippen molar-refractivity contribution in [2.45, 2.75) is 12.5 Å². The highest BCUT2D eigenvalue weighted by atomic mass is 79.9. The van der Waals surface area contributed by atoms with Crippen molar-refractivity contribution in [3.05, 3.63) is 46.2 Å². The number of carbonyl (C=O) groups excluding carboxylic acids is 1. The SMILES string of the molecule is O=C(COc1ccc(Cl)cc1)N1CCC(Oc2ncc(Br)cn2)C1. The molecule has 8 heteroatoms. The molecule has 3 rings (SSSR count). The van der Waals surface area contributed by atoms with Crippen LogP contribution in [0.1, 0.15) is 6.42 Å². The van der Waals surface area contributed by atoms with Gasteiger partial charge >= 0.3 is 6.01 Å². The molecule has 0 saturated carbocycles. The zero-order chi connectivity index (χ0) is 16.9. The van der Waals surface area contributed by atoms with Crippen LogP contribution in [0.4, 0.5) is 0 Å². The summed E-state index contributed by atoms with van der Waals surface area (Å²) in [5, 5.41) is 0.628. The summed E-state index contributed by atoms with van der Waals surface area (Å²) in [6.07, 6.45) is 3.89. The molecular formula is C16H15BrClN3O3. The van der Waals surface area contributed by atoms with Crippen molar-refractivity contribution < 1.29 is 14.3 Å². The second-order valence-electron chi connectivity index (χ2n) is 5.29. The van der Waals surface area contributed by atoms with E-state index in [4.69, 9.17) is 21.1 Å². The molecule has 1 unspecified atom stereocenters. The van der Waals surface area contributed by atoms with Gasteiger partial charge in [-0.2, -0.15) is 0 Å². The van der Waals surface area contributed by atoms with Crippen LogP contribution in [0.15, 0.2) is 41.1 Å². The summed E-state index contributed by atoms with van der Waals surface area (Å²) < 4.78 is 12.0. The van der Waals surface area contributed by atoms with E-state index in [9.17, 15) is 4.79 Å². The number of nitrogens with zero attached hydrogens (tertiary/aromatic N) is 3. The molecule has 1 aliphatic heterocycles. The van der Waals surface area contributed by atoms with E-state index in [-0.39, 0.29) is 18.6 Å². The lowest BCUT2D eigenvalue weighted by Crippen LogP contribution is -2.34. The highest BCUT2D eigenvalue weighted by molar-refractivity contribution is 9.10. The molecule has 2 aromatic rings. The lowest BCUT2D eigenvalue weighted by molar-refractivity contribution is -0.132. The van der Waals surface area contributed by atoms with Crippen molar-refractivity contribution in [1.29, 1.82) is 0 Å². The number of amides is 1. The fourth-order valence-electron chi connectivity index (χ4n) is 2.33. The first kappa shape index (κ1) is 17.0. The van der Waals surface area contributed by atoms with E-state index in [2.05, 4.69) is 25.9 Å². The van der Waals surface area contributed by atoms with Gasteiger partial charge < -0.3 is 14.4 Å². The Balaban J connectivity index is 1.46. The maximum absolute atomic E-state index is 12.2. The summed E-state index contributed by atoms with van der Waals surface area (Å²) in [4.78, 5) is 22.1. The molecule has 6 nitrogen and oxygen atoms in total. The zero-order valence-electron chi connectivity index (χ0n) is 12.7. The maximum Gasteiger partial charge on any atom is 0.316 e. The van der Waals surface area contributed by atoms with E-state index < -0.39 is 0 Å². The summed E-state index contributed by atoms with van der Waals surface area (Å²) in [5.74, 6) is 0.538.